The third-order valence-electron chi connectivity index (χ3n) is 3.42. The van der Waals surface area contributed by atoms with Crippen molar-refractivity contribution in [3.8, 4) is 0 Å². The summed E-state index contributed by atoms with van der Waals surface area (Å²) in [5, 5.41) is 0. The molecule has 1 aliphatic rings. The summed E-state index contributed by atoms with van der Waals surface area (Å²) >= 11 is 0. The highest BCUT2D eigenvalue weighted by Gasteiger charge is 2.24. The third-order valence-corrected chi connectivity index (χ3v) is 3.42. The highest BCUT2D eigenvalue weighted by molar-refractivity contribution is 5.91. The first-order valence-electron chi connectivity index (χ1n) is 6.21. The number of likely N-dealkylation sites (N-methyl/N-ethyl adjacent to an activating group) is 1. The van der Waals surface area contributed by atoms with E-state index in [9.17, 15) is 4.79 Å². The summed E-state index contributed by atoms with van der Waals surface area (Å²) in [5.74, 6) is 1.25. The lowest BCUT2D eigenvalue weighted by Gasteiger charge is -2.39. The molecule has 0 N–H and O–H groups in total. The molecule has 0 bridgehead atoms. The molecule has 94 valence electrons. The Morgan fingerprint density at radius 1 is 1.47 bits per heavy atom. The first-order valence-corrected chi connectivity index (χ1v) is 6.21. The molecule has 2 heterocycles. The van der Waals surface area contributed by atoms with Crippen molar-refractivity contribution in [3.63, 3.8) is 0 Å². The standard InChI is InChI=1S/C13H20N2O2/c1-4-14-7-8-15(9-10(14)2)13-6-5-12(17-13)11(3)16/h5-6,10H,4,7-9H2,1-3H3. The van der Waals surface area contributed by atoms with Gasteiger partial charge in [0.1, 0.15) is 0 Å². The van der Waals surface area contributed by atoms with Crippen molar-refractivity contribution in [3.05, 3.63) is 17.9 Å². The third kappa shape index (κ3) is 2.52. The van der Waals surface area contributed by atoms with Crippen molar-refractivity contribution in [2.24, 2.45) is 0 Å². The van der Waals surface area contributed by atoms with E-state index < -0.39 is 0 Å². The maximum Gasteiger partial charge on any atom is 0.196 e. The Morgan fingerprint density at radius 2 is 2.24 bits per heavy atom. The molecule has 1 aromatic heterocycles. The second-order valence-electron chi connectivity index (χ2n) is 4.62. The van der Waals surface area contributed by atoms with E-state index in [0.717, 1.165) is 32.1 Å². The van der Waals surface area contributed by atoms with Crippen LogP contribution in [-0.2, 0) is 0 Å². The number of hydrogen-bond donors (Lipinski definition) is 0. The summed E-state index contributed by atoms with van der Waals surface area (Å²) < 4.78 is 5.56. The molecule has 0 aromatic carbocycles. The number of Topliss-reactive ketones (excluding diaryl/α,β-unsaturated/α-hetero) is 1. The van der Waals surface area contributed by atoms with Gasteiger partial charge in [-0.25, -0.2) is 0 Å². The number of furan rings is 1. The van der Waals surface area contributed by atoms with Crippen LogP contribution in [0.15, 0.2) is 16.5 Å². The van der Waals surface area contributed by atoms with Gasteiger partial charge in [0.25, 0.3) is 0 Å². The molecule has 2 rings (SSSR count). The molecule has 4 nitrogen and oxygen atoms in total. The Hall–Kier alpha value is -1.29. The Bertz CT molecular complexity index is 400. The van der Waals surface area contributed by atoms with E-state index in [-0.39, 0.29) is 5.78 Å². The van der Waals surface area contributed by atoms with Crippen LogP contribution in [0.4, 0.5) is 5.88 Å². The minimum Gasteiger partial charge on any atom is -0.437 e. The van der Waals surface area contributed by atoms with Gasteiger partial charge in [-0.2, -0.15) is 0 Å². The number of carbonyl (C=O) groups is 1. The van der Waals surface area contributed by atoms with Crippen LogP contribution < -0.4 is 4.90 Å². The topological polar surface area (TPSA) is 36.7 Å². The van der Waals surface area contributed by atoms with E-state index in [1.165, 1.54) is 6.92 Å². The lowest BCUT2D eigenvalue weighted by molar-refractivity contribution is 0.0987. The highest BCUT2D eigenvalue weighted by Crippen LogP contribution is 2.22. The first kappa shape index (κ1) is 12.2. The number of carbonyl (C=O) groups excluding carboxylic acids is 1. The van der Waals surface area contributed by atoms with E-state index >= 15 is 0 Å². The molecule has 4 heteroatoms. The summed E-state index contributed by atoms with van der Waals surface area (Å²) in [5.41, 5.74) is 0. The predicted octanol–water partition coefficient (Wildman–Crippen LogP) is 2.01. The van der Waals surface area contributed by atoms with Crippen LogP contribution in [0.2, 0.25) is 0 Å². The fourth-order valence-corrected chi connectivity index (χ4v) is 2.35. The number of piperazine rings is 1. The molecular weight excluding hydrogens is 216 g/mol. The lowest BCUT2D eigenvalue weighted by atomic mass is 10.2. The molecule has 0 radical (unpaired) electrons. The zero-order valence-corrected chi connectivity index (χ0v) is 10.8. The van der Waals surface area contributed by atoms with Crippen molar-refractivity contribution < 1.29 is 9.21 Å². The van der Waals surface area contributed by atoms with Gasteiger partial charge >= 0.3 is 0 Å². The van der Waals surface area contributed by atoms with Gasteiger partial charge in [0.15, 0.2) is 17.4 Å². The summed E-state index contributed by atoms with van der Waals surface area (Å²) in [4.78, 5) is 15.8. The number of rotatable bonds is 3. The number of hydrogen-bond acceptors (Lipinski definition) is 4. The van der Waals surface area contributed by atoms with E-state index in [2.05, 4.69) is 23.6 Å². The minimum absolute atomic E-state index is 0.0171. The monoisotopic (exact) mass is 236 g/mol. The molecule has 1 atom stereocenters. The van der Waals surface area contributed by atoms with Crippen molar-refractivity contribution in [1.29, 1.82) is 0 Å². The molecule has 1 unspecified atom stereocenters. The second kappa shape index (κ2) is 4.92. The van der Waals surface area contributed by atoms with Gasteiger partial charge in [-0.3, -0.25) is 9.69 Å². The second-order valence-corrected chi connectivity index (χ2v) is 4.62. The molecular formula is C13H20N2O2. The molecule has 0 amide bonds. The van der Waals surface area contributed by atoms with Crippen LogP contribution in [0.5, 0.6) is 0 Å². The maximum absolute atomic E-state index is 11.2. The molecule has 0 aliphatic carbocycles. The molecule has 17 heavy (non-hydrogen) atoms. The Morgan fingerprint density at radius 3 is 2.76 bits per heavy atom. The van der Waals surface area contributed by atoms with Crippen LogP contribution >= 0.6 is 0 Å². The molecule has 1 aromatic rings. The highest BCUT2D eigenvalue weighted by atomic mass is 16.4. The van der Waals surface area contributed by atoms with E-state index in [1.807, 2.05) is 6.07 Å². The molecule has 0 saturated carbocycles. The molecule has 1 fully saturated rings. The summed E-state index contributed by atoms with van der Waals surface area (Å²) in [6.07, 6.45) is 0. The summed E-state index contributed by atoms with van der Waals surface area (Å²) in [6.45, 7) is 10.00. The average Bonchev–Trinajstić information content (AvgIpc) is 2.78. The fraction of sp³-hybridized carbons (Fsp3) is 0.615. The number of ketones is 1. The zero-order valence-electron chi connectivity index (χ0n) is 10.8. The molecule has 1 saturated heterocycles. The van der Waals surface area contributed by atoms with Crippen molar-refractivity contribution >= 4 is 11.7 Å². The molecule has 1 aliphatic heterocycles. The van der Waals surface area contributed by atoms with Gasteiger partial charge in [0, 0.05) is 38.7 Å². The van der Waals surface area contributed by atoms with Crippen molar-refractivity contribution in [2.45, 2.75) is 26.8 Å². The van der Waals surface area contributed by atoms with Crippen molar-refractivity contribution in [2.75, 3.05) is 31.1 Å². The van der Waals surface area contributed by atoms with Gasteiger partial charge in [-0.1, -0.05) is 6.92 Å². The van der Waals surface area contributed by atoms with E-state index in [4.69, 9.17) is 4.42 Å². The van der Waals surface area contributed by atoms with Crippen LogP contribution in [0, 0.1) is 0 Å². The number of nitrogens with zero attached hydrogens (tertiary/aromatic N) is 2. The normalized spacial score (nSPS) is 21.8. The summed E-state index contributed by atoms with van der Waals surface area (Å²) in [7, 11) is 0. The Kier molecular flexibility index (Phi) is 3.52. The van der Waals surface area contributed by atoms with Gasteiger partial charge in [-0.05, 0) is 19.5 Å². The van der Waals surface area contributed by atoms with Gasteiger partial charge < -0.3 is 9.32 Å². The van der Waals surface area contributed by atoms with E-state index in [1.54, 1.807) is 6.07 Å². The largest absolute Gasteiger partial charge is 0.437 e. The zero-order chi connectivity index (χ0) is 12.4. The SMILES string of the molecule is CCN1CCN(c2ccc(C(C)=O)o2)CC1C. The smallest absolute Gasteiger partial charge is 0.196 e. The van der Waals surface area contributed by atoms with Crippen LogP contribution in [0.25, 0.3) is 0 Å². The Labute approximate surface area is 102 Å². The fourth-order valence-electron chi connectivity index (χ4n) is 2.35. The molecule has 0 spiro atoms. The lowest BCUT2D eigenvalue weighted by Crippen LogP contribution is -2.51. The van der Waals surface area contributed by atoms with Crippen LogP contribution in [0.1, 0.15) is 31.3 Å². The Balaban J connectivity index is 2.06. The minimum atomic E-state index is -0.0171. The summed E-state index contributed by atoms with van der Waals surface area (Å²) in [6, 6.07) is 4.18. The van der Waals surface area contributed by atoms with E-state index in [0.29, 0.717) is 11.8 Å². The van der Waals surface area contributed by atoms with Gasteiger partial charge in [0.2, 0.25) is 0 Å². The first-order chi connectivity index (χ1) is 8.11. The van der Waals surface area contributed by atoms with Crippen LogP contribution in [0.3, 0.4) is 0 Å². The van der Waals surface area contributed by atoms with Gasteiger partial charge in [-0.15, -0.1) is 0 Å². The van der Waals surface area contributed by atoms with Crippen molar-refractivity contribution in [1.82, 2.24) is 4.90 Å². The quantitative estimate of drug-likeness (QED) is 0.752. The average molecular weight is 236 g/mol. The maximum atomic E-state index is 11.2. The van der Waals surface area contributed by atoms with Gasteiger partial charge in [0.05, 0.1) is 0 Å². The van der Waals surface area contributed by atoms with Crippen LogP contribution in [-0.4, -0.2) is 42.9 Å². The number of anilines is 1. The predicted molar refractivity (Wildman–Crippen MR) is 67.6 cm³/mol.